The van der Waals surface area contributed by atoms with E-state index in [0.29, 0.717) is 10.9 Å². The first-order chi connectivity index (χ1) is 8.81. The molecule has 2 aromatic heterocycles. The van der Waals surface area contributed by atoms with Crippen LogP contribution in [0.15, 0.2) is 47.1 Å². The number of hydrogen-bond acceptors (Lipinski definition) is 3. The van der Waals surface area contributed by atoms with Gasteiger partial charge >= 0.3 is 0 Å². The van der Waals surface area contributed by atoms with Gasteiger partial charge in [-0.05, 0) is 35.9 Å². The van der Waals surface area contributed by atoms with Crippen molar-refractivity contribution in [3.8, 4) is 0 Å². The number of hydrogen-bond donors (Lipinski definition) is 0. The van der Waals surface area contributed by atoms with E-state index in [2.05, 4.69) is 9.97 Å². The summed E-state index contributed by atoms with van der Waals surface area (Å²) in [6, 6.07) is 9.21. The molecule has 88 valence electrons. The van der Waals surface area contributed by atoms with E-state index in [9.17, 15) is 0 Å². The van der Waals surface area contributed by atoms with Crippen molar-refractivity contribution in [2.24, 2.45) is 0 Å². The summed E-state index contributed by atoms with van der Waals surface area (Å²) in [5.41, 5.74) is 2.48. The lowest BCUT2D eigenvalue weighted by Gasteiger charge is -1.88. The Morgan fingerprint density at radius 1 is 1.17 bits per heavy atom. The maximum atomic E-state index is 5.89. The molecule has 0 aliphatic heterocycles. The molecule has 3 rings (SSSR count). The van der Waals surface area contributed by atoms with Gasteiger partial charge in [-0.2, -0.15) is 0 Å². The maximum absolute atomic E-state index is 5.89. The van der Waals surface area contributed by atoms with Crippen LogP contribution >= 0.6 is 11.6 Å². The van der Waals surface area contributed by atoms with E-state index < -0.39 is 0 Å². The van der Waals surface area contributed by atoms with Gasteiger partial charge in [0.05, 0.1) is 0 Å². The van der Waals surface area contributed by atoms with E-state index in [4.69, 9.17) is 16.0 Å². The summed E-state index contributed by atoms with van der Waals surface area (Å²) < 4.78 is 5.57. The second-order valence-corrected chi connectivity index (χ2v) is 4.22. The lowest BCUT2D eigenvalue weighted by atomic mass is 10.2. The van der Waals surface area contributed by atoms with E-state index in [1.807, 2.05) is 30.4 Å². The minimum atomic E-state index is 0.552. The van der Waals surface area contributed by atoms with Crippen LogP contribution < -0.4 is 0 Å². The topological polar surface area (TPSA) is 38.9 Å². The fraction of sp³-hybridized carbons (Fsp3) is 0. The van der Waals surface area contributed by atoms with Crippen LogP contribution in [0.4, 0.5) is 0 Å². The van der Waals surface area contributed by atoms with Crippen molar-refractivity contribution in [2.45, 2.75) is 0 Å². The first-order valence-corrected chi connectivity index (χ1v) is 5.83. The zero-order chi connectivity index (χ0) is 12.4. The molecule has 3 nitrogen and oxygen atoms in total. The van der Waals surface area contributed by atoms with Crippen molar-refractivity contribution in [3.63, 3.8) is 0 Å². The van der Waals surface area contributed by atoms with Gasteiger partial charge in [-0.15, -0.1) is 0 Å². The van der Waals surface area contributed by atoms with Crippen molar-refractivity contribution in [2.75, 3.05) is 0 Å². The van der Waals surface area contributed by atoms with E-state index in [0.717, 1.165) is 16.7 Å². The molecule has 18 heavy (non-hydrogen) atoms. The summed E-state index contributed by atoms with van der Waals surface area (Å²) in [6.07, 6.45) is 7.22. The molecule has 0 bridgehead atoms. The molecule has 4 heteroatoms. The summed E-state index contributed by atoms with van der Waals surface area (Å²) in [5, 5.41) is 0.651. The van der Waals surface area contributed by atoms with E-state index in [-0.39, 0.29) is 0 Å². The molecule has 0 atom stereocenters. The molecular weight excluding hydrogens is 248 g/mol. The van der Waals surface area contributed by atoms with Crippen LogP contribution in [0.5, 0.6) is 0 Å². The average molecular weight is 257 g/mol. The highest BCUT2D eigenvalue weighted by Crippen LogP contribution is 2.20. The Morgan fingerprint density at radius 3 is 2.94 bits per heavy atom. The smallest absolute Gasteiger partial charge is 0.220 e. The minimum Gasteiger partial charge on any atom is -0.437 e. The molecule has 0 saturated heterocycles. The summed E-state index contributed by atoms with van der Waals surface area (Å²) >= 11 is 5.89. The molecule has 0 spiro atoms. The standard InChI is InChI=1S/C14H9ClN2O/c15-11-4-5-13-12(8-11)17-14(18-13)6-3-10-2-1-7-16-9-10/h1-9H/b6-3+. The average Bonchev–Trinajstić information content (AvgIpc) is 2.79. The van der Waals surface area contributed by atoms with Crippen molar-refractivity contribution in [1.82, 2.24) is 9.97 Å². The Hall–Kier alpha value is -2.13. The number of nitrogens with zero attached hydrogens (tertiary/aromatic N) is 2. The Labute approximate surface area is 109 Å². The van der Waals surface area contributed by atoms with Crippen LogP contribution in [0.25, 0.3) is 23.3 Å². The van der Waals surface area contributed by atoms with Gasteiger partial charge in [0, 0.05) is 23.5 Å². The molecule has 0 amide bonds. The Bertz CT molecular complexity index is 704. The molecule has 0 N–H and O–H groups in total. The van der Waals surface area contributed by atoms with Crippen LogP contribution in [0, 0.1) is 0 Å². The number of pyridine rings is 1. The van der Waals surface area contributed by atoms with Crippen LogP contribution in [0.3, 0.4) is 0 Å². The number of aromatic nitrogens is 2. The zero-order valence-corrected chi connectivity index (χ0v) is 10.1. The van der Waals surface area contributed by atoms with Gasteiger partial charge in [0.15, 0.2) is 5.58 Å². The van der Waals surface area contributed by atoms with Crippen LogP contribution in [-0.4, -0.2) is 9.97 Å². The Morgan fingerprint density at radius 2 is 2.11 bits per heavy atom. The molecule has 3 aromatic rings. The van der Waals surface area contributed by atoms with Crippen molar-refractivity contribution >= 4 is 34.9 Å². The zero-order valence-electron chi connectivity index (χ0n) is 9.38. The third kappa shape index (κ3) is 2.26. The van der Waals surface area contributed by atoms with Crippen molar-refractivity contribution in [1.29, 1.82) is 0 Å². The monoisotopic (exact) mass is 256 g/mol. The molecule has 1 aromatic carbocycles. The molecule has 0 saturated carbocycles. The molecule has 0 radical (unpaired) electrons. The predicted octanol–water partition coefficient (Wildman–Crippen LogP) is 4.05. The number of fused-ring (bicyclic) bond motifs is 1. The molecule has 0 unspecified atom stereocenters. The highest BCUT2D eigenvalue weighted by atomic mass is 35.5. The summed E-state index contributed by atoms with van der Waals surface area (Å²) in [7, 11) is 0. The SMILES string of the molecule is Clc1ccc2oc(/C=C/c3cccnc3)nc2c1. The third-order valence-electron chi connectivity index (χ3n) is 2.47. The summed E-state index contributed by atoms with van der Waals surface area (Å²) in [4.78, 5) is 8.36. The Balaban J connectivity index is 1.93. The minimum absolute atomic E-state index is 0.552. The van der Waals surface area contributed by atoms with Gasteiger partial charge in [-0.25, -0.2) is 4.98 Å². The third-order valence-corrected chi connectivity index (χ3v) is 2.70. The summed E-state index contributed by atoms with van der Waals surface area (Å²) in [6.45, 7) is 0. The van der Waals surface area contributed by atoms with E-state index in [1.54, 1.807) is 24.5 Å². The van der Waals surface area contributed by atoms with Gasteiger partial charge in [0.1, 0.15) is 5.52 Å². The predicted molar refractivity (Wildman–Crippen MR) is 72.2 cm³/mol. The number of benzene rings is 1. The van der Waals surface area contributed by atoms with Gasteiger partial charge in [-0.1, -0.05) is 17.7 Å². The lowest BCUT2D eigenvalue weighted by molar-refractivity contribution is 0.590. The number of oxazole rings is 1. The van der Waals surface area contributed by atoms with Gasteiger partial charge in [-0.3, -0.25) is 4.98 Å². The Kier molecular flexibility index (Phi) is 2.82. The first kappa shape index (κ1) is 11.0. The largest absolute Gasteiger partial charge is 0.437 e. The molecular formula is C14H9ClN2O. The second-order valence-electron chi connectivity index (χ2n) is 3.78. The van der Waals surface area contributed by atoms with Crippen LogP contribution in [0.2, 0.25) is 5.02 Å². The fourth-order valence-electron chi connectivity index (χ4n) is 1.63. The normalized spacial score (nSPS) is 11.4. The fourth-order valence-corrected chi connectivity index (χ4v) is 1.80. The van der Waals surface area contributed by atoms with Crippen LogP contribution in [0.1, 0.15) is 11.5 Å². The number of halogens is 1. The maximum Gasteiger partial charge on any atom is 0.220 e. The summed E-state index contributed by atoms with van der Waals surface area (Å²) in [5.74, 6) is 0.552. The second kappa shape index (κ2) is 4.63. The molecule has 2 heterocycles. The van der Waals surface area contributed by atoms with Gasteiger partial charge in [0.2, 0.25) is 5.89 Å². The van der Waals surface area contributed by atoms with Gasteiger partial charge in [0.25, 0.3) is 0 Å². The van der Waals surface area contributed by atoms with Crippen molar-refractivity contribution < 1.29 is 4.42 Å². The van der Waals surface area contributed by atoms with E-state index >= 15 is 0 Å². The molecule has 0 aliphatic carbocycles. The molecule has 0 aliphatic rings. The van der Waals surface area contributed by atoms with Gasteiger partial charge < -0.3 is 4.42 Å². The highest BCUT2D eigenvalue weighted by molar-refractivity contribution is 6.31. The quantitative estimate of drug-likeness (QED) is 0.694. The molecule has 0 fully saturated rings. The lowest BCUT2D eigenvalue weighted by Crippen LogP contribution is -1.74. The van der Waals surface area contributed by atoms with Crippen molar-refractivity contribution in [3.05, 3.63) is 59.2 Å². The first-order valence-electron chi connectivity index (χ1n) is 5.45. The van der Waals surface area contributed by atoms with Crippen LogP contribution in [-0.2, 0) is 0 Å². The number of rotatable bonds is 2. The highest BCUT2D eigenvalue weighted by Gasteiger charge is 2.03. The van der Waals surface area contributed by atoms with E-state index in [1.165, 1.54) is 0 Å².